The van der Waals surface area contributed by atoms with Crippen LogP contribution in [0.4, 0.5) is 0 Å². The lowest BCUT2D eigenvalue weighted by Crippen LogP contribution is -2.49. The van der Waals surface area contributed by atoms with E-state index in [4.69, 9.17) is 4.43 Å². The standard InChI is InChI=1S/C59H48O2Si/c1-44(60)61-62(41-57-51(45-23-8-2-9-24-45)35-20-36-52(57)46-25-10-3-11-26-46,42-58-53(47-27-12-4-13-28-47)37-21-38-54(58)48-29-14-5-15-30-48)43-59-55(49-31-16-6-17-32-49)39-22-40-56(59)50-33-18-7-19-34-50/h2-40H,41-43H2,1H3. The van der Waals surface area contributed by atoms with Gasteiger partial charge in [-0.05, 0) is 83.5 Å². The molecule has 9 aromatic rings. The third kappa shape index (κ3) is 8.76. The van der Waals surface area contributed by atoms with Gasteiger partial charge in [0, 0.05) is 25.1 Å². The predicted octanol–water partition coefficient (Wildman–Crippen LogP) is 14.8. The van der Waals surface area contributed by atoms with E-state index in [0.717, 1.165) is 66.8 Å². The molecule has 0 atom stereocenters. The summed E-state index contributed by atoms with van der Waals surface area (Å²) >= 11 is 0. The lowest BCUT2D eigenvalue weighted by molar-refractivity contribution is -0.132. The first-order valence-corrected chi connectivity index (χ1v) is 24.0. The van der Waals surface area contributed by atoms with E-state index in [1.54, 1.807) is 6.92 Å². The van der Waals surface area contributed by atoms with Crippen LogP contribution in [0.25, 0.3) is 66.8 Å². The molecule has 0 radical (unpaired) electrons. The summed E-state index contributed by atoms with van der Waals surface area (Å²) in [5.74, 6) is -0.257. The zero-order chi connectivity index (χ0) is 42.1. The molecule has 3 heteroatoms. The normalized spacial score (nSPS) is 11.2. The average Bonchev–Trinajstić information content (AvgIpc) is 3.33. The topological polar surface area (TPSA) is 26.3 Å². The molecule has 0 amide bonds. The van der Waals surface area contributed by atoms with Crippen molar-refractivity contribution in [1.82, 2.24) is 0 Å². The van der Waals surface area contributed by atoms with Crippen LogP contribution in [0, 0.1) is 0 Å². The fraction of sp³-hybridized carbons (Fsp3) is 0.0678. The Kier molecular flexibility index (Phi) is 12.0. The average molecular weight is 817 g/mol. The number of carbonyl (C=O) groups excluding carboxylic acids is 1. The molecule has 2 nitrogen and oxygen atoms in total. The van der Waals surface area contributed by atoms with Gasteiger partial charge >= 0.3 is 0 Å². The summed E-state index contributed by atoms with van der Waals surface area (Å²) in [5.41, 5.74) is 17.3. The molecular formula is C59H48O2Si. The largest absolute Gasteiger partial charge is 0.518 e. The fourth-order valence-electron chi connectivity index (χ4n) is 9.23. The van der Waals surface area contributed by atoms with Gasteiger partial charge in [0.05, 0.1) is 0 Å². The van der Waals surface area contributed by atoms with Crippen LogP contribution < -0.4 is 0 Å². The van der Waals surface area contributed by atoms with Crippen molar-refractivity contribution in [1.29, 1.82) is 0 Å². The number of benzene rings is 9. The Labute approximate surface area is 366 Å². The minimum Gasteiger partial charge on any atom is -0.518 e. The highest BCUT2D eigenvalue weighted by atomic mass is 28.4. The molecule has 0 N–H and O–H groups in total. The van der Waals surface area contributed by atoms with Crippen LogP contribution in [0.5, 0.6) is 0 Å². The third-order valence-corrected chi connectivity index (χ3v) is 15.6. The van der Waals surface area contributed by atoms with Crippen LogP contribution in [0.3, 0.4) is 0 Å². The Morgan fingerprint density at radius 2 is 0.500 bits per heavy atom. The SMILES string of the molecule is CC(=O)O[Si](Cc1c(-c2ccccc2)cccc1-c1ccccc1)(Cc1c(-c2ccccc2)cccc1-c1ccccc1)Cc1c(-c2ccccc2)cccc1-c1ccccc1. The number of carbonyl (C=O) groups is 1. The number of hydrogen-bond acceptors (Lipinski definition) is 2. The first-order valence-electron chi connectivity index (χ1n) is 21.4. The Balaban J connectivity index is 1.36. The van der Waals surface area contributed by atoms with E-state index in [-0.39, 0.29) is 5.97 Å². The van der Waals surface area contributed by atoms with Gasteiger partial charge in [0.25, 0.3) is 14.3 Å². The number of rotatable bonds is 13. The van der Waals surface area contributed by atoms with Crippen molar-refractivity contribution in [3.05, 3.63) is 253 Å². The molecule has 0 saturated heterocycles. The van der Waals surface area contributed by atoms with Crippen LogP contribution in [-0.4, -0.2) is 14.3 Å². The maximum atomic E-state index is 14.2. The summed E-state index contributed by atoms with van der Waals surface area (Å²) in [6.45, 7) is 1.60. The summed E-state index contributed by atoms with van der Waals surface area (Å²) in [4.78, 5) is 14.2. The highest BCUT2D eigenvalue weighted by Crippen LogP contribution is 2.43. The molecule has 9 aromatic carbocycles. The smallest absolute Gasteiger partial charge is 0.289 e. The van der Waals surface area contributed by atoms with E-state index in [1.807, 2.05) is 0 Å². The maximum Gasteiger partial charge on any atom is 0.289 e. The lowest BCUT2D eigenvalue weighted by Gasteiger charge is -2.35. The second kappa shape index (κ2) is 18.5. The quantitative estimate of drug-likeness (QED) is 0.108. The zero-order valence-corrected chi connectivity index (χ0v) is 36.0. The molecule has 0 saturated carbocycles. The summed E-state index contributed by atoms with van der Waals surface area (Å²) in [5, 5.41) is 0. The fourth-order valence-corrected chi connectivity index (χ4v) is 13.5. The maximum absolute atomic E-state index is 14.2. The first-order chi connectivity index (χ1) is 30.6. The molecule has 0 fully saturated rings. The van der Waals surface area contributed by atoms with Crippen molar-refractivity contribution in [2.24, 2.45) is 0 Å². The second-order valence-corrected chi connectivity index (χ2v) is 19.6. The molecule has 9 rings (SSSR count). The van der Waals surface area contributed by atoms with Gasteiger partial charge in [-0.3, -0.25) is 4.79 Å². The van der Waals surface area contributed by atoms with Gasteiger partial charge in [-0.15, -0.1) is 0 Å². The van der Waals surface area contributed by atoms with Crippen LogP contribution >= 0.6 is 0 Å². The van der Waals surface area contributed by atoms with Crippen molar-refractivity contribution in [3.8, 4) is 66.8 Å². The molecular weight excluding hydrogens is 769 g/mol. The zero-order valence-electron chi connectivity index (χ0n) is 35.0. The summed E-state index contributed by atoms with van der Waals surface area (Å²) < 4.78 is 7.30. The van der Waals surface area contributed by atoms with Crippen LogP contribution in [0.1, 0.15) is 23.6 Å². The van der Waals surface area contributed by atoms with Crippen molar-refractivity contribution in [2.75, 3.05) is 0 Å². The van der Waals surface area contributed by atoms with E-state index in [2.05, 4.69) is 237 Å². The summed E-state index contributed by atoms with van der Waals surface area (Å²) in [6.07, 6.45) is 0. The number of hydrogen-bond donors (Lipinski definition) is 0. The molecule has 300 valence electrons. The van der Waals surface area contributed by atoms with Gasteiger partial charge in [-0.25, -0.2) is 0 Å². The molecule has 0 aromatic heterocycles. The van der Waals surface area contributed by atoms with Crippen molar-refractivity contribution < 1.29 is 9.22 Å². The van der Waals surface area contributed by atoms with Crippen molar-refractivity contribution in [2.45, 2.75) is 25.1 Å². The Morgan fingerprint density at radius 3 is 0.677 bits per heavy atom. The Hall–Kier alpha value is -7.33. The molecule has 0 bridgehead atoms. The molecule has 0 aliphatic rings. The predicted molar refractivity (Wildman–Crippen MR) is 261 cm³/mol. The monoisotopic (exact) mass is 816 g/mol. The van der Waals surface area contributed by atoms with Crippen LogP contribution in [-0.2, 0) is 27.4 Å². The lowest BCUT2D eigenvalue weighted by atomic mass is 9.92. The summed E-state index contributed by atoms with van der Waals surface area (Å²) in [6, 6.07) is 85.7. The van der Waals surface area contributed by atoms with Crippen LogP contribution in [0.2, 0.25) is 0 Å². The van der Waals surface area contributed by atoms with Crippen molar-refractivity contribution in [3.63, 3.8) is 0 Å². The molecule has 0 unspecified atom stereocenters. The van der Waals surface area contributed by atoms with Crippen LogP contribution in [0.15, 0.2) is 237 Å². The van der Waals surface area contributed by atoms with E-state index >= 15 is 0 Å². The van der Waals surface area contributed by atoms with E-state index in [0.29, 0.717) is 18.1 Å². The Bertz CT molecular complexity index is 2410. The molecule has 0 aliphatic heterocycles. The molecule has 0 spiro atoms. The molecule has 62 heavy (non-hydrogen) atoms. The van der Waals surface area contributed by atoms with Gasteiger partial charge in [0.1, 0.15) is 0 Å². The minimum absolute atomic E-state index is 0.257. The van der Waals surface area contributed by atoms with Crippen molar-refractivity contribution >= 4 is 14.3 Å². The Morgan fingerprint density at radius 1 is 0.306 bits per heavy atom. The molecule has 0 aliphatic carbocycles. The minimum atomic E-state index is -3.42. The van der Waals surface area contributed by atoms with E-state index in [9.17, 15) is 4.79 Å². The van der Waals surface area contributed by atoms with Gasteiger partial charge in [-0.1, -0.05) is 237 Å². The van der Waals surface area contributed by atoms with Gasteiger partial charge in [-0.2, -0.15) is 0 Å². The van der Waals surface area contributed by atoms with Gasteiger partial charge < -0.3 is 4.43 Å². The second-order valence-electron chi connectivity index (χ2n) is 16.0. The first kappa shape index (κ1) is 40.1. The summed E-state index contributed by atoms with van der Waals surface area (Å²) in [7, 11) is -3.42. The van der Waals surface area contributed by atoms with E-state index in [1.165, 1.54) is 16.7 Å². The highest BCUT2D eigenvalue weighted by molar-refractivity contribution is 6.74. The third-order valence-electron chi connectivity index (χ3n) is 11.9. The van der Waals surface area contributed by atoms with Gasteiger partial charge in [0.15, 0.2) is 0 Å². The van der Waals surface area contributed by atoms with E-state index < -0.39 is 8.32 Å². The van der Waals surface area contributed by atoms with Gasteiger partial charge in [0.2, 0.25) is 0 Å². The highest BCUT2D eigenvalue weighted by Gasteiger charge is 2.43. The molecule has 0 heterocycles.